The van der Waals surface area contributed by atoms with Crippen molar-refractivity contribution in [3.63, 3.8) is 0 Å². The smallest absolute Gasteiger partial charge is 0.201 e. The van der Waals surface area contributed by atoms with E-state index in [1.54, 1.807) is 19.3 Å². The zero-order valence-corrected chi connectivity index (χ0v) is 15.3. The second-order valence-electron chi connectivity index (χ2n) is 6.32. The number of hydrogen-bond acceptors (Lipinski definition) is 4. The summed E-state index contributed by atoms with van der Waals surface area (Å²) < 4.78 is 11.2. The van der Waals surface area contributed by atoms with Crippen LogP contribution < -0.4 is 10.2 Å². The molecule has 0 aliphatic carbocycles. The normalized spacial score (nSPS) is 11.2. The third-order valence-electron chi connectivity index (χ3n) is 4.51. The van der Waals surface area contributed by atoms with Crippen LogP contribution >= 0.6 is 0 Å². The van der Waals surface area contributed by atoms with E-state index < -0.39 is 0 Å². The van der Waals surface area contributed by atoms with Gasteiger partial charge in [0.1, 0.15) is 22.8 Å². The molecule has 4 rings (SSSR count). The monoisotopic (exact) mass is 370 g/mol. The van der Waals surface area contributed by atoms with Crippen molar-refractivity contribution in [1.29, 1.82) is 0 Å². The zero-order chi connectivity index (χ0) is 19.5. The molecule has 0 saturated carbocycles. The Hall–Kier alpha value is -3.79. The number of hydrogen-bond donors (Lipinski definition) is 1. The summed E-state index contributed by atoms with van der Waals surface area (Å²) in [5.74, 6) is 1.26. The number of benzene rings is 3. The molecule has 0 bridgehead atoms. The molecule has 28 heavy (non-hydrogen) atoms. The van der Waals surface area contributed by atoms with E-state index in [1.165, 1.54) is 12.1 Å². The van der Waals surface area contributed by atoms with Crippen molar-refractivity contribution in [2.45, 2.75) is 0 Å². The van der Waals surface area contributed by atoms with Crippen LogP contribution in [0, 0.1) is 0 Å². The van der Waals surface area contributed by atoms with Gasteiger partial charge in [-0.1, -0.05) is 48.5 Å². The quantitative estimate of drug-likeness (QED) is 0.526. The van der Waals surface area contributed by atoms with Gasteiger partial charge in [0.2, 0.25) is 5.43 Å². The summed E-state index contributed by atoms with van der Waals surface area (Å²) in [6.45, 7) is 0. The van der Waals surface area contributed by atoms with Gasteiger partial charge in [-0.3, -0.25) is 4.79 Å². The van der Waals surface area contributed by atoms with Crippen molar-refractivity contribution in [3.05, 3.63) is 94.3 Å². The van der Waals surface area contributed by atoms with Gasteiger partial charge in [0.25, 0.3) is 0 Å². The lowest BCUT2D eigenvalue weighted by atomic mass is 10.0. The predicted octanol–water partition coefficient (Wildman–Crippen LogP) is 5.34. The summed E-state index contributed by atoms with van der Waals surface area (Å²) in [7, 11) is 1.62. The van der Waals surface area contributed by atoms with Crippen molar-refractivity contribution < 1.29 is 14.3 Å². The molecule has 0 aliphatic heterocycles. The molecule has 0 amide bonds. The van der Waals surface area contributed by atoms with Gasteiger partial charge in [-0.25, -0.2) is 0 Å². The first-order chi connectivity index (χ1) is 13.7. The average Bonchev–Trinajstić information content (AvgIpc) is 2.73. The maximum atomic E-state index is 13.2. The molecule has 0 fully saturated rings. The van der Waals surface area contributed by atoms with E-state index in [-0.39, 0.29) is 11.2 Å². The van der Waals surface area contributed by atoms with Crippen LogP contribution in [0.5, 0.6) is 11.5 Å². The lowest BCUT2D eigenvalue weighted by Crippen LogP contribution is -2.07. The Morgan fingerprint density at radius 2 is 1.68 bits per heavy atom. The van der Waals surface area contributed by atoms with Gasteiger partial charge in [0.15, 0.2) is 0 Å². The summed E-state index contributed by atoms with van der Waals surface area (Å²) in [6.07, 6.45) is 3.65. The lowest BCUT2D eigenvalue weighted by molar-refractivity contribution is 0.415. The van der Waals surface area contributed by atoms with E-state index in [9.17, 15) is 9.90 Å². The molecule has 0 atom stereocenters. The minimum atomic E-state index is -0.137. The maximum absolute atomic E-state index is 13.2. The molecule has 0 unspecified atom stereocenters. The van der Waals surface area contributed by atoms with Crippen LogP contribution in [0.25, 0.3) is 34.2 Å². The van der Waals surface area contributed by atoms with Crippen molar-refractivity contribution in [2.75, 3.05) is 7.11 Å². The number of fused-ring (bicyclic) bond motifs is 1. The second-order valence-corrected chi connectivity index (χ2v) is 6.32. The average molecular weight is 370 g/mol. The third-order valence-corrected chi connectivity index (χ3v) is 4.51. The van der Waals surface area contributed by atoms with Gasteiger partial charge in [0.05, 0.1) is 18.1 Å². The largest absolute Gasteiger partial charge is 0.508 e. The Morgan fingerprint density at radius 3 is 2.39 bits per heavy atom. The van der Waals surface area contributed by atoms with Gasteiger partial charge in [0, 0.05) is 6.07 Å². The van der Waals surface area contributed by atoms with Crippen LogP contribution in [-0.2, 0) is 0 Å². The van der Waals surface area contributed by atoms with Crippen molar-refractivity contribution in [2.24, 2.45) is 0 Å². The van der Waals surface area contributed by atoms with E-state index in [0.29, 0.717) is 22.3 Å². The van der Waals surface area contributed by atoms with E-state index >= 15 is 0 Å². The molecule has 1 N–H and O–H groups in total. The lowest BCUT2D eigenvalue weighted by Gasteiger charge is -2.08. The highest BCUT2D eigenvalue weighted by Crippen LogP contribution is 2.28. The van der Waals surface area contributed by atoms with E-state index in [4.69, 9.17) is 9.15 Å². The van der Waals surface area contributed by atoms with Crippen molar-refractivity contribution in [3.8, 4) is 22.6 Å². The van der Waals surface area contributed by atoms with Crippen LogP contribution in [0.3, 0.4) is 0 Å². The van der Waals surface area contributed by atoms with Crippen molar-refractivity contribution in [1.82, 2.24) is 0 Å². The number of rotatable bonds is 4. The summed E-state index contributed by atoms with van der Waals surface area (Å²) >= 11 is 0. The van der Waals surface area contributed by atoms with Gasteiger partial charge >= 0.3 is 0 Å². The first-order valence-electron chi connectivity index (χ1n) is 8.83. The molecule has 4 heteroatoms. The fourth-order valence-corrected chi connectivity index (χ4v) is 3.08. The first kappa shape index (κ1) is 17.6. The Labute approximate surface area is 162 Å². The fourth-order valence-electron chi connectivity index (χ4n) is 3.08. The number of methoxy groups -OCH3 is 1. The van der Waals surface area contributed by atoms with Crippen LogP contribution in [0.4, 0.5) is 0 Å². The number of phenols is 1. The summed E-state index contributed by atoms with van der Waals surface area (Å²) in [5.41, 5.74) is 2.42. The van der Waals surface area contributed by atoms with Crippen molar-refractivity contribution >= 4 is 23.1 Å². The Balaban J connectivity index is 1.89. The van der Waals surface area contributed by atoms with Crippen LogP contribution in [-0.4, -0.2) is 12.2 Å². The SMILES string of the molecule is COc1ccc(/C=C/c2oc3cc(O)ccc3c(=O)c2-c2ccccc2)cc1. The summed E-state index contributed by atoms with van der Waals surface area (Å²) in [6, 6.07) is 21.5. The molecule has 0 radical (unpaired) electrons. The van der Waals surface area contributed by atoms with E-state index in [0.717, 1.165) is 16.9 Å². The molecule has 1 aromatic heterocycles. The zero-order valence-electron chi connectivity index (χ0n) is 15.3. The molecule has 0 saturated heterocycles. The number of aromatic hydroxyl groups is 1. The molecule has 0 spiro atoms. The van der Waals surface area contributed by atoms with Gasteiger partial charge < -0.3 is 14.3 Å². The van der Waals surface area contributed by atoms with Crippen LogP contribution in [0.1, 0.15) is 11.3 Å². The highest BCUT2D eigenvalue weighted by molar-refractivity contribution is 5.87. The minimum absolute atomic E-state index is 0.0493. The molecule has 4 aromatic rings. The standard InChI is InChI=1S/C24H18O4/c1-27-19-11-7-16(8-12-19)9-14-21-23(17-5-3-2-4-6-17)24(26)20-13-10-18(25)15-22(20)28-21/h2-15,25H,1H3/b14-9+. The second kappa shape index (κ2) is 7.45. The van der Waals surface area contributed by atoms with E-state index in [2.05, 4.69) is 0 Å². The molecule has 1 heterocycles. The van der Waals surface area contributed by atoms with Crippen LogP contribution in [0.15, 0.2) is 82.0 Å². The molecular formula is C24H18O4. The Kier molecular flexibility index (Phi) is 4.68. The highest BCUT2D eigenvalue weighted by atomic mass is 16.5. The Bertz CT molecular complexity index is 1200. The van der Waals surface area contributed by atoms with Gasteiger partial charge in [-0.05, 0) is 41.5 Å². The van der Waals surface area contributed by atoms with Gasteiger partial charge in [-0.2, -0.15) is 0 Å². The molecule has 4 nitrogen and oxygen atoms in total. The van der Waals surface area contributed by atoms with Gasteiger partial charge in [-0.15, -0.1) is 0 Å². The van der Waals surface area contributed by atoms with E-state index in [1.807, 2.05) is 60.7 Å². The van der Waals surface area contributed by atoms with Crippen LogP contribution in [0.2, 0.25) is 0 Å². The highest BCUT2D eigenvalue weighted by Gasteiger charge is 2.15. The fraction of sp³-hybridized carbons (Fsp3) is 0.0417. The first-order valence-corrected chi connectivity index (χ1v) is 8.83. The summed E-state index contributed by atoms with van der Waals surface area (Å²) in [5, 5.41) is 10.2. The predicted molar refractivity (Wildman–Crippen MR) is 112 cm³/mol. The maximum Gasteiger partial charge on any atom is 0.201 e. The topological polar surface area (TPSA) is 59.7 Å². The molecular weight excluding hydrogens is 352 g/mol. The molecule has 0 aliphatic rings. The number of ether oxygens (including phenoxy) is 1. The molecule has 138 valence electrons. The summed E-state index contributed by atoms with van der Waals surface area (Å²) in [4.78, 5) is 13.2. The third kappa shape index (κ3) is 3.40. The Morgan fingerprint density at radius 1 is 0.929 bits per heavy atom. The number of phenolic OH excluding ortho intramolecular Hbond substituents is 1. The molecule has 3 aromatic carbocycles. The minimum Gasteiger partial charge on any atom is -0.508 e.